The van der Waals surface area contributed by atoms with Gasteiger partial charge in [0.05, 0.1) is 17.6 Å². The Hall–Kier alpha value is -1.39. The minimum Gasteiger partial charge on any atom is -0.341 e. The van der Waals surface area contributed by atoms with Crippen LogP contribution in [0, 0.1) is 0 Å². The number of para-hydroxylation sites is 2. The van der Waals surface area contributed by atoms with Gasteiger partial charge >= 0.3 is 0 Å². The zero-order chi connectivity index (χ0) is 14.7. The van der Waals surface area contributed by atoms with Crippen molar-refractivity contribution in [3.63, 3.8) is 0 Å². The number of nitrogens with zero attached hydrogens (tertiary/aromatic N) is 2. The van der Waals surface area contributed by atoms with Gasteiger partial charge in [0, 0.05) is 12.1 Å². The van der Waals surface area contributed by atoms with E-state index in [1.54, 1.807) is 0 Å². The molecule has 114 valence electrons. The highest BCUT2D eigenvalue weighted by atomic mass is 15.2. The lowest BCUT2D eigenvalue weighted by molar-refractivity contribution is 0.139. The van der Waals surface area contributed by atoms with Gasteiger partial charge in [0.1, 0.15) is 5.82 Å². The molecule has 1 aromatic carbocycles. The Labute approximate surface area is 126 Å². The Morgan fingerprint density at radius 2 is 2.00 bits per heavy atom. The highest BCUT2D eigenvalue weighted by Gasteiger charge is 2.24. The van der Waals surface area contributed by atoms with Crippen molar-refractivity contribution in [3.8, 4) is 0 Å². The van der Waals surface area contributed by atoms with E-state index in [-0.39, 0.29) is 0 Å². The van der Waals surface area contributed by atoms with Gasteiger partial charge in [0.2, 0.25) is 0 Å². The van der Waals surface area contributed by atoms with E-state index in [9.17, 15) is 0 Å². The third-order valence-electron chi connectivity index (χ3n) is 4.56. The molecular weight excluding hydrogens is 260 g/mol. The summed E-state index contributed by atoms with van der Waals surface area (Å²) in [6.07, 6.45) is 5.95. The standard InChI is InChI=1S/C17H26N4/c1-2-11-21(14-9-7-13(18)8-10-14)12-17-19-15-5-3-4-6-16(15)20-17/h3-6,13-14H,2,7-12,18H2,1H3,(H,19,20). The summed E-state index contributed by atoms with van der Waals surface area (Å²) in [5.74, 6) is 1.08. The molecule has 0 spiro atoms. The monoisotopic (exact) mass is 286 g/mol. The van der Waals surface area contributed by atoms with E-state index in [2.05, 4.69) is 35.0 Å². The minimum atomic E-state index is 0.413. The van der Waals surface area contributed by atoms with Crippen molar-refractivity contribution in [1.29, 1.82) is 0 Å². The zero-order valence-corrected chi connectivity index (χ0v) is 12.9. The van der Waals surface area contributed by atoms with Crippen LogP contribution in [0.15, 0.2) is 24.3 Å². The molecule has 0 unspecified atom stereocenters. The zero-order valence-electron chi connectivity index (χ0n) is 12.9. The first kappa shape index (κ1) is 14.5. The van der Waals surface area contributed by atoms with E-state index < -0.39 is 0 Å². The van der Waals surface area contributed by atoms with E-state index in [0.717, 1.165) is 42.8 Å². The average molecular weight is 286 g/mol. The summed E-state index contributed by atoms with van der Waals surface area (Å²) >= 11 is 0. The van der Waals surface area contributed by atoms with E-state index in [0.29, 0.717) is 12.1 Å². The summed E-state index contributed by atoms with van der Waals surface area (Å²) in [7, 11) is 0. The summed E-state index contributed by atoms with van der Waals surface area (Å²) in [5.41, 5.74) is 8.24. The third-order valence-corrected chi connectivity index (χ3v) is 4.56. The van der Waals surface area contributed by atoms with Gasteiger partial charge in [-0.25, -0.2) is 4.98 Å². The molecule has 0 aliphatic heterocycles. The first-order chi connectivity index (χ1) is 10.3. The third kappa shape index (κ3) is 3.44. The number of imidazole rings is 1. The number of hydrogen-bond acceptors (Lipinski definition) is 3. The Bertz CT molecular complexity index is 536. The summed E-state index contributed by atoms with van der Waals surface area (Å²) < 4.78 is 0. The predicted molar refractivity (Wildman–Crippen MR) is 87.0 cm³/mol. The van der Waals surface area contributed by atoms with Crippen molar-refractivity contribution >= 4 is 11.0 Å². The van der Waals surface area contributed by atoms with Crippen molar-refractivity contribution < 1.29 is 0 Å². The number of nitrogens with one attached hydrogen (secondary N) is 1. The van der Waals surface area contributed by atoms with Crippen LogP contribution in [0.2, 0.25) is 0 Å². The highest BCUT2D eigenvalue weighted by molar-refractivity contribution is 5.74. The molecule has 0 bridgehead atoms. The van der Waals surface area contributed by atoms with Crippen molar-refractivity contribution in [2.45, 2.75) is 57.7 Å². The molecule has 4 heteroatoms. The van der Waals surface area contributed by atoms with E-state index in [1.165, 1.54) is 19.3 Å². The average Bonchev–Trinajstić information content (AvgIpc) is 2.90. The van der Waals surface area contributed by atoms with Crippen LogP contribution in [-0.2, 0) is 6.54 Å². The van der Waals surface area contributed by atoms with Crippen molar-refractivity contribution in [2.75, 3.05) is 6.54 Å². The number of H-pyrrole nitrogens is 1. The van der Waals surface area contributed by atoms with Gasteiger partial charge in [0.15, 0.2) is 0 Å². The molecule has 1 aromatic heterocycles. The summed E-state index contributed by atoms with van der Waals surface area (Å²) in [4.78, 5) is 10.8. The van der Waals surface area contributed by atoms with Crippen molar-refractivity contribution in [3.05, 3.63) is 30.1 Å². The predicted octanol–water partition coefficient (Wildman–Crippen LogP) is 3.04. The molecule has 0 saturated heterocycles. The van der Waals surface area contributed by atoms with Gasteiger partial charge < -0.3 is 10.7 Å². The van der Waals surface area contributed by atoms with Crippen LogP contribution in [0.5, 0.6) is 0 Å². The molecule has 0 radical (unpaired) electrons. The minimum absolute atomic E-state index is 0.413. The Morgan fingerprint density at radius 3 is 2.71 bits per heavy atom. The molecular formula is C17H26N4. The molecule has 4 nitrogen and oxygen atoms in total. The fourth-order valence-electron chi connectivity index (χ4n) is 3.42. The van der Waals surface area contributed by atoms with Gasteiger partial charge in [0.25, 0.3) is 0 Å². The van der Waals surface area contributed by atoms with Gasteiger partial charge in [-0.05, 0) is 50.8 Å². The SMILES string of the molecule is CCCN(Cc1nc2ccccc2[nH]1)C1CCC(N)CC1. The Morgan fingerprint density at radius 1 is 1.24 bits per heavy atom. The number of aromatic amines is 1. The number of rotatable bonds is 5. The maximum atomic E-state index is 6.04. The first-order valence-corrected chi connectivity index (χ1v) is 8.19. The van der Waals surface area contributed by atoms with Crippen LogP contribution in [0.3, 0.4) is 0 Å². The van der Waals surface area contributed by atoms with Crippen LogP contribution >= 0.6 is 0 Å². The molecule has 0 amide bonds. The number of aromatic nitrogens is 2. The van der Waals surface area contributed by atoms with Gasteiger partial charge in [-0.15, -0.1) is 0 Å². The van der Waals surface area contributed by atoms with Gasteiger partial charge in [-0.1, -0.05) is 19.1 Å². The van der Waals surface area contributed by atoms with Crippen LogP contribution in [0.1, 0.15) is 44.9 Å². The molecule has 1 saturated carbocycles. The molecule has 2 aromatic rings. The second-order valence-corrected chi connectivity index (χ2v) is 6.24. The second kappa shape index (κ2) is 6.58. The number of fused-ring (bicyclic) bond motifs is 1. The fourth-order valence-corrected chi connectivity index (χ4v) is 3.42. The summed E-state index contributed by atoms with van der Waals surface area (Å²) in [5, 5.41) is 0. The number of benzene rings is 1. The quantitative estimate of drug-likeness (QED) is 0.888. The van der Waals surface area contributed by atoms with Crippen LogP contribution in [-0.4, -0.2) is 33.5 Å². The Balaban J connectivity index is 1.72. The normalized spacial score (nSPS) is 23.0. The maximum absolute atomic E-state index is 6.04. The van der Waals surface area contributed by atoms with Crippen molar-refractivity contribution in [1.82, 2.24) is 14.9 Å². The topological polar surface area (TPSA) is 57.9 Å². The van der Waals surface area contributed by atoms with E-state index >= 15 is 0 Å². The first-order valence-electron chi connectivity index (χ1n) is 8.19. The summed E-state index contributed by atoms with van der Waals surface area (Å²) in [6, 6.07) is 9.33. The molecule has 1 aliphatic rings. The van der Waals surface area contributed by atoms with Crippen LogP contribution < -0.4 is 5.73 Å². The molecule has 1 heterocycles. The molecule has 3 rings (SSSR count). The van der Waals surface area contributed by atoms with Gasteiger partial charge in [-0.3, -0.25) is 4.90 Å². The van der Waals surface area contributed by atoms with E-state index in [4.69, 9.17) is 10.7 Å². The van der Waals surface area contributed by atoms with Crippen molar-refractivity contribution in [2.24, 2.45) is 5.73 Å². The molecule has 3 N–H and O–H groups in total. The highest BCUT2D eigenvalue weighted by Crippen LogP contribution is 2.24. The lowest BCUT2D eigenvalue weighted by atomic mass is 9.90. The van der Waals surface area contributed by atoms with Gasteiger partial charge in [-0.2, -0.15) is 0 Å². The Kier molecular flexibility index (Phi) is 4.56. The molecule has 21 heavy (non-hydrogen) atoms. The molecule has 0 atom stereocenters. The lowest BCUT2D eigenvalue weighted by Crippen LogP contribution is -2.41. The maximum Gasteiger partial charge on any atom is 0.121 e. The lowest BCUT2D eigenvalue weighted by Gasteiger charge is -2.35. The number of nitrogens with two attached hydrogens (primary N) is 1. The molecule has 1 aliphatic carbocycles. The smallest absolute Gasteiger partial charge is 0.121 e. The number of hydrogen-bond donors (Lipinski definition) is 2. The van der Waals surface area contributed by atoms with Crippen LogP contribution in [0.25, 0.3) is 11.0 Å². The molecule has 1 fully saturated rings. The second-order valence-electron chi connectivity index (χ2n) is 6.24. The van der Waals surface area contributed by atoms with E-state index in [1.807, 2.05) is 6.07 Å². The fraction of sp³-hybridized carbons (Fsp3) is 0.588. The largest absolute Gasteiger partial charge is 0.341 e. The van der Waals surface area contributed by atoms with Crippen LogP contribution in [0.4, 0.5) is 0 Å². The summed E-state index contributed by atoms with van der Waals surface area (Å²) in [6.45, 7) is 4.31.